The third-order valence-corrected chi connectivity index (χ3v) is 8.00. The van der Waals surface area contributed by atoms with E-state index in [1.165, 1.54) is 0 Å². The Morgan fingerprint density at radius 1 is 1.22 bits per heavy atom. The molecule has 2 amide bonds. The first-order valence-corrected chi connectivity index (χ1v) is 12.9. The van der Waals surface area contributed by atoms with Gasteiger partial charge >= 0.3 is 6.03 Å². The molecule has 2 N–H and O–H groups in total. The van der Waals surface area contributed by atoms with Crippen molar-refractivity contribution < 1.29 is 13.9 Å². The highest BCUT2D eigenvalue weighted by Gasteiger charge is 2.47. The number of aromatic nitrogens is 4. The maximum Gasteiger partial charge on any atom is 0.321 e. The minimum Gasteiger partial charge on any atom is -0.381 e. The van der Waals surface area contributed by atoms with Crippen LogP contribution in [0.5, 0.6) is 0 Å². The summed E-state index contributed by atoms with van der Waals surface area (Å²) in [5.41, 5.74) is 1.12. The third kappa shape index (κ3) is 4.54. The molecule has 2 saturated heterocycles. The molecule has 0 spiro atoms. The number of nitrogens with zero attached hydrogens (tertiary/aromatic N) is 6. The Labute approximate surface area is 211 Å². The summed E-state index contributed by atoms with van der Waals surface area (Å²) in [6.45, 7) is 14.8. The number of hydrogen-bond acceptors (Lipinski definition) is 7. The summed E-state index contributed by atoms with van der Waals surface area (Å²) < 4.78 is 19.8. The zero-order chi connectivity index (χ0) is 25.6. The molecule has 36 heavy (non-hydrogen) atoms. The molecular formula is C25H37FN8O2. The summed E-state index contributed by atoms with van der Waals surface area (Å²) in [5.74, 6) is 1.13. The summed E-state index contributed by atoms with van der Waals surface area (Å²) in [5, 5.41) is 10.4. The van der Waals surface area contributed by atoms with Gasteiger partial charge in [-0.15, -0.1) is 0 Å². The number of ether oxygens (including phenoxy) is 1. The second kappa shape index (κ2) is 9.59. The van der Waals surface area contributed by atoms with Crippen LogP contribution in [-0.2, 0) is 16.8 Å². The van der Waals surface area contributed by atoms with Crippen LogP contribution in [0.25, 0.3) is 0 Å². The van der Waals surface area contributed by atoms with E-state index in [0.29, 0.717) is 36.7 Å². The van der Waals surface area contributed by atoms with E-state index in [4.69, 9.17) is 4.74 Å². The minimum absolute atomic E-state index is 0.0182. The first-order valence-electron chi connectivity index (χ1n) is 12.9. The molecule has 3 aliphatic rings. The Balaban J connectivity index is 1.29. The monoisotopic (exact) mass is 500 g/mol. The van der Waals surface area contributed by atoms with E-state index < -0.39 is 11.4 Å². The zero-order valence-corrected chi connectivity index (χ0v) is 21.8. The summed E-state index contributed by atoms with van der Waals surface area (Å²) in [7, 11) is 0. The fourth-order valence-corrected chi connectivity index (χ4v) is 5.72. The van der Waals surface area contributed by atoms with Crippen molar-refractivity contribution in [1.82, 2.24) is 34.9 Å². The molecule has 5 rings (SSSR count). The number of piperazine rings is 1. The topological polar surface area (TPSA) is 103 Å². The lowest BCUT2D eigenvalue weighted by molar-refractivity contribution is 0.00882. The fraction of sp³-hybridized carbons (Fsp3) is 0.680. The second-order valence-corrected chi connectivity index (χ2v) is 11.0. The molecule has 3 aliphatic heterocycles. The van der Waals surface area contributed by atoms with Crippen molar-refractivity contribution >= 4 is 17.7 Å². The van der Waals surface area contributed by atoms with Gasteiger partial charge in [0, 0.05) is 50.5 Å². The van der Waals surface area contributed by atoms with E-state index in [9.17, 15) is 9.18 Å². The van der Waals surface area contributed by atoms with Gasteiger partial charge in [-0.25, -0.2) is 19.2 Å². The van der Waals surface area contributed by atoms with Crippen LogP contribution in [-0.4, -0.2) is 85.8 Å². The van der Waals surface area contributed by atoms with Crippen molar-refractivity contribution in [1.29, 1.82) is 0 Å². The number of H-pyrrole nitrogens is 1. The molecular weight excluding hydrogens is 463 g/mol. The maximum absolute atomic E-state index is 14.3. The summed E-state index contributed by atoms with van der Waals surface area (Å²) in [6.07, 6.45) is 3.37. The van der Waals surface area contributed by atoms with Crippen molar-refractivity contribution in [3.05, 3.63) is 29.1 Å². The van der Waals surface area contributed by atoms with Gasteiger partial charge < -0.3 is 19.9 Å². The second-order valence-electron chi connectivity index (χ2n) is 11.0. The van der Waals surface area contributed by atoms with Crippen LogP contribution in [0.2, 0.25) is 0 Å². The smallest absolute Gasteiger partial charge is 0.321 e. The summed E-state index contributed by atoms with van der Waals surface area (Å²) in [4.78, 5) is 28.3. The fourth-order valence-electron chi connectivity index (χ4n) is 5.72. The van der Waals surface area contributed by atoms with Gasteiger partial charge in [-0.05, 0) is 53.4 Å². The first-order chi connectivity index (χ1) is 17.1. The standard InChI is InChI=1S/C25H37FN8O2/c1-15-12-33(16(2)11-32(15)13-18-6-8-36-9-7-18)24(35)34-14-19-21(25(34,4)5)30-31-22(19)29-23-20(26)10-27-17(3)28-23/h10,15-16,18H,6-9,11-14H2,1-5H3,(H2,27,28,29,30,31). The van der Waals surface area contributed by atoms with E-state index in [2.05, 4.69) is 44.2 Å². The molecule has 0 saturated carbocycles. The van der Waals surface area contributed by atoms with Gasteiger partial charge in [0.05, 0.1) is 24.0 Å². The molecule has 11 heteroatoms. The number of hydrogen-bond donors (Lipinski definition) is 2. The molecule has 2 fully saturated rings. The Morgan fingerprint density at radius 2 is 1.97 bits per heavy atom. The first kappa shape index (κ1) is 24.9. The number of urea groups is 1. The number of amides is 2. The lowest BCUT2D eigenvalue weighted by Gasteiger charge is -2.47. The number of fused-ring (bicyclic) bond motifs is 1. The van der Waals surface area contributed by atoms with Gasteiger partial charge in [0.2, 0.25) is 0 Å². The summed E-state index contributed by atoms with van der Waals surface area (Å²) in [6, 6.07) is 0.418. The van der Waals surface area contributed by atoms with Crippen molar-refractivity contribution in [2.45, 2.75) is 71.6 Å². The molecule has 2 aromatic rings. The average Bonchev–Trinajstić information content (AvgIpc) is 3.36. The maximum atomic E-state index is 14.3. The van der Waals surface area contributed by atoms with Crippen molar-refractivity contribution in [2.24, 2.45) is 5.92 Å². The van der Waals surface area contributed by atoms with E-state index in [-0.39, 0.29) is 17.9 Å². The van der Waals surface area contributed by atoms with Crippen LogP contribution in [0, 0.1) is 18.7 Å². The zero-order valence-electron chi connectivity index (χ0n) is 21.8. The largest absolute Gasteiger partial charge is 0.381 e. The highest BCUT2D eigenvalue weighted by atomic mass is 19.1. The van der Waals surface area contributed by atoms with Crippen LogP contribution in [0.3, 0.4) is 0 Å². The molecule has 196 valence electrons. The van der Waals surface area contributed by atoms with E-state index in [1.807, 2.05) is 23.6 Å². The van der Waals surface area contributed by atoms with Gasteiger partial charge in [0.15, 0.2) is 17.5 Å². The van der Waals surface area contributed by atoms with Crippen LogP contribution in [0.1, 0.15) is 57.6 Å². The van der Waals surface area contributed by atoms with E-state index in [1.54, 1.807) is 6.92 Å². The number of halogens is 1. The number of carbonyl (C=O) groups is 1. The number of aryl methyl sites for hydroxylation is 1. The Morgan fingerprint density at radius 3 is 2.72 bits per heavy atom. The predicted molar refractivity (Wildman–Crippen MR) is 133 cm³/mol. The number of aromatic amines is 1. The number of carbonyl (C=O) groups excluding carboxylic acids is 1. The SMILES string of the molecule is Cc1ncc(F)c(Nc2n[nH]c3c2CN(C(=O)N2CC(C)N(CC4CCOCC4)CC2C)C3(C)C)n1. The Hall–Kier alpha value is -2.79. The van der Waals surface area contributed by atoms with Crippen LogP contribution < -0.4 is 5.32 Å². The van der Waals surface area contributed by atoms with E-state index in [0.717, 1.165) is 56.6 Å². The van der Waals surface area contributed by atoms with Gasteiger partial charge in [-0.3, -0.25) is 10.00 Å². The lowest BCUT2D eigenvalue weighted by Crippen LogP contribution is -2.62. The average molecular weight is 501 g/mol. The molecule has 5 heterocycles. The highest BCUT2D eigenvalue weighted by Crippen LogP contribution is 2.42. The van der Waals surface area contributed by atoms with Gasteiger partial charge in [-0.1, -0.05) is 0 Å². The highest BCUT2D eigenvalue weighted by molar-refractivity contribution is 5.78. The van der Waals surface area contributed by atoms with Crippen molar-refractivity contribution in [3.8, 4) is 0 Å². The molecule has 10 nitrogen and oxygen atoms in total. The molecule has 0 radical (unpaired) electrons. The van der Waals surface area contributed by atoms with Gasteiger partial charge in [0.25, 0.3) is 0 Å². The lowest BCUT2D eigenvalue weighted by atomic mass is 9.97. The molecule has 0 aromatic carbocycles. The van der Waals surface area contributed by atoms with Crippen LogP contribution in [0.4, 0.5) is 20.8 Å². The molecule has 2 aromatic heterocycles. The number of rotatable bonds is 4. The predicted octanol–water partition coefficient (Wildman–Crippen LogP) is 3.38. The Bertz CT molecular complexity index is 1120. The number of nitrogens with one attached hydrogen (secondary N) is 2. The van der Waals surface area contributed by atoms with Gasteiger partial charge in [0.1, 0.15) is 5.82 Å². The van der Waals surface area contributed by atoms with Gasteiger partial charge in [-0.2, -0.15) is 5.10 Å². The normalized spacial score (nSPS) is 24.7. The summed E-state index contributed by atoms with van der Waals surface area (Å²) >= 11 is 0. The molecule has 2 atom stereocenters. The minimum atomic E-state index is -0.582. The number of anilines is 2. The molecule has 0 aliphatic carbocycles. The van der Waals surface area contributed by atoms with E-state index >= 15 is 0 Å². The molecule has 2 unspecified atom stereocenters. The van der Waals surface area contributed by atoms with Crippen molar-refractivity contribution in [3.63, 3.8) is 0 Å². The van der Waals surface area contributed by atoms with Crippen LogP contribution in [0.15, 0.2) is 6.20 Å². The Kier molecular flexibility index (Phi) is 6.63. The quantitative estimate of drug-likeness (QED) is 0.663. The van der Waals surface area contributed by atoms with Crippen LogP contribution >= 0.6 is 0 Å². The third-order valence-electron chi connectivity index (χ3n) is 8.00. The van der Waals surface area contributed by atoms with Crippen molar-refractivity contribution in [2.75, 3.05) is 38.2 Å². The molecule has 0 bridgehead atoms.